The van der Waals surface area contributed by atoms with Gasteiger partial charge in [0.15, 0.2) is 12.9 Å². The van der Waals surface area contributed by atoms with Crippen LogP contribution < -0.4 is 10.1 Å². The first-order valence-electron chi connectivity index (χ1n) is 8.14. The molecule has 3 rings (SSSR count). The highest BCUT2D eigenvalue weighted by molar-refractivity contribution is 7.10. The molecule has 2 aromatic carbocycles. The van der Waals surface area contributed by atoms with E-state index in [0.717, 1.165) is 16.3 Å². The zero-order valence-electron chi connectivity index (χ0n) is 14.2. The maximum Gasteiger partial charge on any atom is 0.258 e. The number of benzene rings is 2. The number of aromatic nitrogens is 1. The summed E-state index contributed by atoms with van der Waals surface area (Å²) < 4.78 is 5.44. The number of hydrogen-bond acceptors (Lipinski definition) is 5. The van der Waals surface area contributed by atoms with Crippen molar-refractivity contribution in [2.45, 2.75) is 13.0 Å². The van der Waals surface area contributed by atoms with Gasteiger partial charge < -0.3 is 10.1 Å². The van der Waals surface area contributed by atoms with Crippen molar-refractivity contribution in [3.05, 3.63) is 70.5 Å². The second kappa shape index (κ2) is 8.40. The van der Waals surface area contributed by atoms with Crippen LogP contribution in [0.2, 0.25) is 0 Å². The van der Waals surface area contributed by atoms with Crippen molar-refractivity contribution in [2.75, 3.05) is 6.61 Å². The molecule has 1 heterocycles. The highest BCUT2D eigenvalue weighted by atomic mass is 32.1. The van der Waals surface area contributed by atoms with Crippen molar-refractivity contribution in [2.24, 2.45) is 0 Å². The Morgan fingerprint density at radius 1 is 1.19 bits per heavy atom. The molecule has 132 valence electrons. The lowest BCUT2D eigenvalue weighted by Gasteiger charge is -2.12. The predicted octanol–water partition coefficient (Wildman–Crippen LogP) is 3.88. The predicted molar refractivity (Wildman–Crippen MR) is 101 cm³/mol. The number of ether oxygens (including phenoxy) is 1. The lowest BCUT2D eigenvalue weighted by atomic mass is 10.2. The van der Waals surface area contributed by atoms with Gasteiger partial charge in [0.1, 0.15) is 10.8 Å². The Labute approximate surface area is 155 Å². The van der Waals surface area contributed by atoms with Crippen LogP contribution in [0, 0.1) is 0 Å². The monoisotopic (exact) mass is 366 g/mol. The van der Waals surface area contributed by atoms with Crippen LogP contribution in [0.15, 0.2) is 60.0 Å². The van der Waals surface area contributed by atoms with Gasteiger partial charge in [-0.1, -0.05) is 42.5 Å². The summed E-state index contributed by atoms with van der Waals surface area (Å²) in [6, 6.07) is 16.5. The lowest BCUT2D eigenvalue weighted by molar-refractivity contribution is -0.123. The van der Waals surface area contributed by atoms with Crippen molar-refractivity contribution in [1.82, 2.24) is 10.3 Å². The summed E-state index contributed by atoms with van der Waals surface area (Å²) in [7, 11) is 0. The molecule has 0 aliphatic heterocycles. The molecule has 0 aliphatic carbocycles. The van der Waals surface area contributed by atoms with E-state index < -0.39 is 0 Å². The summed E-state index contributed by atoms with van der Waals surface area (Å²) >= 11 is 1.50. The Hall–Kier alpha value is -2.99. The highest BCUT2D eigenvalue weighted by Crippen LogP contribution is 2.25. The molecule has 0 spiro atoms. The van der Waals surface area contributed by atoms with E-state index in [2.05, 4.69) is 10.3 Å². The van der Waals surface area contributed by atoms with E-state index in [4.69, 9.17) is 4.74 Å². The maximum absolute atomic E-state index is 12.1. The number of carbonyl (C=O) groups excluding carboxylic acids is 2. The highest BCUT2D eigenvalue weighted by Gasteiger charge is 2.15. The molecule has 1 N–H and O–H groups in total. The minimum atomic E-state index is -0.269. The molecule has 0 radical (unpaired) electrons. The van der Waals surface area contributed by atoms with Gasteiger partial charge >= 0.3 is 0 Å². The Morgan fingerprint density at radius 2 is 1.92 bits per heavy atom. The van der Waals surface area contributed by atoms with Gasteiger partial charge in [0, 0.05) is 10.9 Å². The topological polar surface area (TPSA) is 68.3 Å². The summed E-state index contributed by atoms with van der Waals surface area (Å²) in [5.41, 5.74) is 2.35. The van der Waals surface area contributed by atoms with Gasteiger partial charge in [-0.3, -0.25) is 9.59 Å². The molecule has 5 nitrogen and oxygen atoms in total. The standard InChI is InChI=1S/C20H18N2O3S/c1-14(20-22-17(13-26-20)15-7-3-2-4-8-15)21-19(24)12-25-18-10-6-5-9-16(18)11-23/h2-11,13-14H,12H2,1H3,(H,21,24). The summed E-state index contributed by atoms with van der Waals surface area (Å²) in [6.45, 7) is 1.72. The largest absolute Gasteiger partial charge is 0.483 e. The van der Waals surface area contributed by atoms with Crippen molar-refractivity contribution in [1.29, 1.82) is 0 Å². The van der Waals surface area contributed by atoms with E-state index in [0.29, 0.717) is 17.6 Å². The molecule has 1 atom stereocenters. The minimum Gasteiger partial charge on any atom is -0.483 e. The zero-order chi connectivity index (χ0) is 18.4. The van der Waals surface area contributed by atoms with E-state index in [1.807, 2.05) is 42.6 Å². The minimum absolute atomic E-state index is 0.161. The molecule has 0 fully saturated rings. The molecule has 26 heavy (non-hydrogen) atoms. The maximum atomic E-state index is 12.1. The molecular weight excluding hydrogens is 348 g/mol. The molecule has 0 bridgehead atoms. The fourth-order valence-electron chi connectivity index (χ4n) is 2.43. The fourth-order valence-corrected chi connectivity index (χ4v) is 3.26. The Bertz CT molecular complexity index is 893. The van der Waals surface area contributed by atoms with Crippen LogP contribution in [0.4, 0.5) is 0 Å². The number of para-hydroxylation sites is 1. The molecule has 3 aromatic rings. The molecule has 1 unspecified atom stereocenters. The molecule has 1 amide bonds. The van der Waals surface area contributed by atoms with E-state index in [1.54, 1.807) is 24.3 Å². The van der Waals surface area contributed by atoms with Gasteiger partial charge in [-0.15, -0.1) is 11.3 Å². The van der Waals surface area contributed by atoms with E-state index in [-0.39, 0.29) is 18.6 Å². The molecular formula is C20H18N2O3S. The molecule has 0 saturated carbocycles. The van der Waals surface area contributed by atoms with Crippen molar-refractivity contribution < 1.29 is 14.3 Å². The second-order valence-corrected chi connectivity index (χ2v) is 6.56. The van der Waals surface area contributed by atoms with Gasteiger partial charge in [-0.25, -0.2) is 4.98 Å². The molecule has 1 aromatic heterocycles. The lowest BCUT2D eigenvalue weighted by Crippen LogP contribution is -2.31. The summed E-state index contributed by atoms with van der Waals surface area (Å²) in [6.07, 6.45) is 0.705. The average Bonchev–Trinajstić information content (AvgIpc) is 3.17. The molecule has 6 heteroatoms. The smallest absolute Gasteiger partial charge is 0.258 e. The fraction of sp³-hybridized carbons (Fsp3) is 0.150. The van der Waals surface area contributed by atoms with Crippen molar-refractivity contribution in [3.63, 3.8) is 0 Å². The van der Waals surface area contributed by atoms with Gasteiger partial charge in [-0.05, 0) is 19.1 Å². The van der Waals surface area contributed by atoms with Crippen LogP contribution in [-0.2, 0) is 4.79 Å². The summed E-state index contributed by atoms with van der Waals surface area (Å²) in [5, 5.41) is 5.67. The Balaban J connectivity index is 1.58. The van der Waals surface area contributed by atoms with Crippen LogP contribution in [-0.4, -0.2) is 23.8 Å². The third-order valence-corrected chi connectivity index (χ3v) is 4.77. The van der Waals surface area contributed by atoms with Crippen LogP contribution in [0.25, 0.3) is 11.3 Å². The summed E-state index contributed by atoms with van der Waals surface area (Å²) in [4.78, 5) is 27.7. The van der Waals surface area contributed by atoms with Gasteiger partial charge in [0.25, 0.3) is 5.91 Å². The number of amides is 1. The third kappa shape index (κ3) is 4.34. The van der Waals surface area contributed by atoms with E-state index in [1.165, 1.54) is 11.3 Å². The normalized spacial score (nSPS) is 11.6. The number of carbonyl (C=O) groups is 2. The average molecular weight is 366 g/mol. The molecule has 0 aliphatic rings. The number of nitrogens with zero attached hydrogens (tertiary/aromatic N) is 1. The van der Waals surface area contributed by atoms with Crippen molar-refractivity contribution in [3.8, 4) is 17.0 Å². The van der Waals surface area contributed by atoms with Crippen LogP contribution >= 0.6 is 11.3 Å². The first-order valence-corrected chi connectivity index (χ1v) is 9.02. The zero-order valence-corrected chi connectivity index (χ0v) is 15.0. The summed E-state index contributed by atoms with van der Waals surface area (Å²) in [5.74, 6) is 0.126. The number of nitrogens with one attached hydrogen (secondary N) is 1. The number of rotatable bonds is 7. The second-order valence-electron chi connectivity index (χ2n) is 5.67. The van der Waals surface area contributed by atoms with Crippen LogP contribution in [0.5, 0.6) is 5.75 Å². The quantitative estimate of drug-likeness (QED) is 0.645. The number of hydrogen-bond donors (Lipinski definition) is 1. The number of thiazole rings is 1. The van der Waals surface area contributed by atoms with Crippen LogP contribution in [0.3, 0.4) is 0 Å². The van der Waals surface area contributed by atoms with E-state index in [9.17, 15) is 9.59 Å². The van der Waals surface area contributed by atoms with Crippen molar-refractivity contribution >= 4 is 23.5 Å². The molecule has 0 saturated heterocycles. The van der Waals surface area contributed by atoms with Crippen LogP contribution in [0.1, 0.15) is 28.3 Å². The first kappa shape index (κ1) is 17.8. The van der Waals surface area contributed by atoms with Gasteiger partial charge in [0.05, 0.1) is 17.3 Å². The van der Waals surface area contributed by atoms with E-state index >= 15 is 0 Å². The number of aldehydes is 1. The SMILES string of the molecule is CC(NC(=O)COc1ccccc1C=O)c1nc(-c2ccccc2)cs1. The van der Waals surface area contributed by atoms with Gasteiger partial charge in [0.2, 0.25) is 0 Å². The Kier molecular flexibility index (Phi) is 5.76. The Morgan fingerprint density at radius 3 is 2.69 bits per heavy atom. The van der Waals surface area contributed by atoms with Gasteiger partial charge in [-0.2, -0.15) is 0 Å². The third-order valence-electron chi connectivity index (χ3n) is 3.74. The first-order chi connectivity index (χ1) is 12.7.